The molecule has 3 rings (SSSR count). The van der Waals surface area contributed by atoms with Gasteiger partial charge in [-0.05, 0) is 48.0 Å². The van der Waals surface area contributed by atoms with E-state index in [-0.39, 0.29) is 29.2 Å². The van der Waals surface area contributed by atoms with Gasteiger partial charge in [-0.2, -0.15) is 4.98 Å². The zero-order valence-electron chi connectivity index (χ0n) is 13.2. The number of benzene rings is 2. The van der Waals surface area contributed by atoms with Crippen LogP contribution in [-0.4, -0.2) is 16.1 Å². The minimum absolute atomic E-state index is 0.0419. The number of carbonyl (C=O) groups excluding carboxylic acids is 1. The molecule has 0 atom stereocenters. The van der Waals surface area contributed by atoms with Crippen molar-refractivity contribution in [2.45, 2.75) is 6.61 Å². The Bertz CT molecular complexity index is 955. The number of halogens is 3. The molecule has 0 aliphatic heterocycles. The maximum Gasteiger partial charge on any atom is 0.331 e. The number of hydrogen-bond donors (Lipinski definition) is 0. The highest BCUT2D eigenvalue weighted by atomic mass is 35.5. The molecular weight excluding hydrogens is 366 g/mol. The second-order valence-corrected chi connectivity index (χ2v) is 5.54. The van der Waals surface area contributed by atoms with Crippen LogP contribution in [0, 0.1) is 11.6 Å². The number of aromatic nitrogens is 2. The Morgan fingerprint density at radius 1 is 1.19 bits per heavy atom. The maximum atomic E-state index is 13.1. The summed E-state index contributed by atoms with van der Waals surface area (Å²) in [6, 6.07) is 9.61. The fourth-order valence-electron chi connectivity index (χ4n) is 1.99. The van der Waals surface area contributed by atoms with Gasteiger partial charge in [0.25, 0.3) is 5.89 Å². The van der Waals surface area contributed by atoms with Gasteiger partial charge in [-0.1, -0.05) is 22.8 Å². The topological polar surface area (TPSA) is 65.2 Å². The van der Waals surface area contributed by atoms with Gasteiger partial charge in [-0.25, -0.2) is 13.6 Å². The summed E-state index contributed by atoms with van der Waals surface area (Å²) in [6.45, 7) is -0.221. The van der Waals surface area contributed by atoms with Crippen LogP contribution in [0.5, 0.6) is 0 Å². The largest absolute Gasteiger partial charge is 0.452 e. The first-order valence-corrected chi connectivity index (χ1v) is 7.77. The van der Waals surface area contributed by atoms with Crippen molar-refractivity contribution in [1.29, 1.82) is 0 Å². The molecule has 0 aliphatic rings. The lowest BCUT2D eigenvalue weighted by molar-refractivity contribution is -0.139. The van der Waals surface area contributed by atoms with Crippen molar-refractivity contribution in [3.05, 3.63) is 76.7 Å². The quantitative estimate of drug-likeness (QED) is 0.487. The van der Waals surface area contributed by atoms with Gasteiger partial charge in [-0.3, -0.25) is 0 Å². The number of ether oxygens (including phenoxy) is 1. The van der Waals surface area contributed by atoms with Gasteiger partial charge in [0.05, 0.1) is 5.02 Å². The van der Waals surface area contributed by atoms with Crippen molar-refractivity contribution in [1.82, 2.24) is 10.1 Å². The Balaban J connectivity index is 1.57. The molecule has 8 heteroatoms. The van der Waals surface area contributed by atoms with Gasteiger partial charge < -0.3 is 9.26 Å². The Kier molecular flexibility index (Phi) is 5.38. The average Bonchev–Trinajstić information content (AvgIpc) is 3.10. The average molecular weight is 377 g/mol. The first-order valence-electron chi connectivity index (χ1n) is 7.40. The van der Waals surface area contributed by atoms with E-state index in [0.717, 1.165) is 0 Å². The second kappa shape index (κ2) is 7.88. The number of nitrogens with zero attached hydrogens (tertiary/aromatic N) is 2. The fraction of sp³-hybridized carbons (Fsp3) is 0.0556. The summed E-state index contributed by atoms with van der Waals surface area (Å²) < 4.78 is 35.9. The monoisotopic (exact) mass is 376 g/mol. The molecule has 2 aromatic carbocycles. The van der Waals surface area contributed by atoms with Crippen molar-refractivity contribution in [2.75, 3.05) is 0 Å². The molecule has 0 aliphatic carbocycles. The van der Waals surface area contributed by atoms with Crippen LogP contribution in [0.15, 0.2) is 53.1 Å². The molecule has 1 aromatic heterocycles. The van der Waals surface area contributed by atoms with Crippen molar-refractivity contribution in [2.24, 2.45) is 0 Å². The van der Waals surface area contributed by atoms with Crippen molar-refractivity contribution in [3.63, 3.8) is 0 Å². The lowest BCUT2D eigenvalue weighted by Gasteiger charge is -1.98. The number of esters is 1. The van der Waals surface area contributed by atoms with Crippen LogP contribution in [0.25, 0.3) is 17.5 Å². The van der Waals surface area contributed by atoms with Crippen molar-refractivity contribution >= 4 is 23.6 Å². The smallest absolute Gasteiger partial charge is 0.331 e. The molecule has 0 amide bonds. The second-order valence-electron chi connectivity index (χ2n) is 5.13. The SMILES string of the molecule is O=C(/C=C/c1ccc(F)c(Cl)c1)OCc1nc(-c2ccc(F)cc2)no1. The Morgan fingerprint density at radius 2 is 1.96 bits per heavy atom. The lowest BCUT2D eigenvalue weighted by Crippen LogP contribution is -2.01. The molecule has 0 unspecified atom stereocenters. The van der Waals surface area contributed by atoms with E-state index < -0.39 is 11.8 Å². The van der Waals surface area contributed by atoms with E-state index in [1.807, 2.05) is 0 Å². The third kappa shape index (κ3) is 4.52. The van der Waals surface area contributed by atoms with Gasteiger partial charge in [0.1, 0.15) is 11.6 Å². The first kappa shape index (κ1) is 17.8. The van der Waals surface area contributed by atoms with Crippen LogP contribution >= 0.6 is 11.6 Å². The van der Waals surface area contributed by atoms with Crippen LogP contribution in [0.1, 0.15) is 11.5 Å². The molecule has 1 heterocycles. The third-order valence-corrected chi connectivity index (χ3v) is 3.55. The first-order chi connectivity index (χ1) is 12.5. The third-order valence-electron chi connectivity index (χ3n) is 3.26. The molecule has 26 heavy (non-hydrogen) atoms. The number of carbonyl (C=O) groups is 1. The summed E-state index contributed by atoms with van der Waals surface area (Å²) >= 11 is 5.66. The Hall–Kier alpha value is -3.06. The Morgan fingerprint density at radius 3 is 2.69 bits per heavy atom. The zero-order valence-corrected chi connectivity index (χ0v) is 13.9. The number of rotatable bonds is 5. The van der Waals surface area contributed by atoms with E-state index in [2.05, 4.69) is 10.1 Å². The molecule has 3 aromatic rings. The predicted octanol–water partition coefficient (Wildman–Crippen LogP) is 4.42. The minimum atomic E-state index is -0.646. The summed E-state index contributed by atoms with van der Waals surface area (Å²) in [7, 11) is 0. The highest BCUT2D eigenvalue weighted by Crippen LogP contribution is 2.18. The highest BCUT2D eigenvalue weighted by molar-refractivity contribution is 6.30. The number of hydrogen-bond acceptors (Lipinski definition) is 5. The van der Waals surface area contributed by atoms with Crippen LogP contribution in [0.2, 0.25) is 5.02 Å². The van der Waals surface area contributed by atoms with Gasteiger partial charge in [0, 0.05) is 11.6 Å². The minimum Gasteiger partial charge on any atom is -0.452 e. The van der Waals surface area contributed by atoms with E-state index in [0.29, 0.717) is 11.1 Å². The van der Waals surface area contributed by atoms with E-state index in [1.54, 1.807) is 0 Å². The van der Waals surface area contributed by atoms with E-state index in [9.17, 15) is 13.6 Å². The molecule has 0 fully saturated rings. The lowest BCUT2D eigenvalue weighted by atomic mass is 10.2. The molecule has 132 valence electrons. The normalized spacial score (nSPS) is 11.0. The maximum absolute atomic E-state index is 13.1. The molecule has 0 saturated carbocycles. The summed E-state index contributed by atoms with van der Waals surface area (Å²) in [5, 5.41) is 3.70. The Labute approximate surface area is 151 Å². The summed E-state index contributed by atoms with van der Waals surface area (Å²) in [5.41, 5.74) is 1.12. The molecule has 0 radical (unpaired) electrons. The molecule has 0 spiro atoms. The summed E-state index contributed by atoms with van der Waals surface area (Å²) in [4.78, 5) is 15.8. The van der Waals surface area contributed by atoms with Crippen LogP contribution in [-0.2, 0) is 16.1 Å². The predicted molar refractivity (Wildman–Crippen MR) is 89.9 cm³/mol. The van der Waals surface area contributed by atoms with Gasteiger partial charge in [0.2, 0.25) is 5.82 Å². The highest BCUT2D eigenvalue weighted by Gasteiger charge is 2.10. The van der Waals surface area contributed by atoms with Crippen LogP contribution in [0.4, 0.5) is 8.78 Å². The summed E-state index contributed by atoms with van der Waals surface area (Å²) in [6.07, 6.45) is 2.60. The fourth-order valence-corrected chi connectivity index (χ4v) is 2.18. The molecular formula is C18H11ClF2N2O3. The molecule has 0 bridgehead atoms. The zero-order chi connectivity index (χ0) is 18.5. The van der Waals surface area contributed by atoms with Crippen LogP contribution < -0.4 is 0 Å². The van der Waals surface area contributed by atoms with E-state index in [4.69, 9.17) is 20.9 Å². The molecule has 0 N–H and O–H groups in total. The van der Waals surface area contributed by atoms with Gasteiger partial charge in [0.15, 0.2) is 6.61 Å². The summed E-state index contributed by atoms with van der Waals surface area (Å²) in [5.74, 6) is -1.21. The molecule has 0 saturated heterocycles. The van der Waals surface area contributed by atoms with E-state index in [1.165, 1.54) is 54.6 Å². The standard InChI is InChI=1S/C18H11ClF2N2O3/c19-14-9-11(1-7-15(14)21)2-8-17(24)25-10-16-22-18(23-26-16)12-3-5-13(20)6-4-12/h1-9H,10H2/b8-2+. The van der Waals surface area contributed by atoms with Crippen LogP contribution in [0.3, 0.4) is 0 Å². The van der Waals surface area contributed by atoms with Crippen molar-refractivity contribution < 1.29 is 22.8 Å². The van der Waals surface area contributed by atoms with Gasteiger partial charge in [-0.15, -0.1) is 0 Å². The van der Waals surface area contributed by atoms with Gasteiger partial charge >= 0.3 is 5.97 Å². The molecule has 5 nitrogen and oxygen atoms in total. The van der Waals surface area contributed by atoms with Crippen molar-refractivity contribution in [3.8, 4) is 11.4 Å². The van der Waals surface area contributed by atoms with E-state index >= 15 is 0 Å².